The van der Waals surface area contributed by atoms with Crippen molar-refractivity contribution in [3.05, 3.63) is 59.3 Å². The Morgan fingerprint density at radius 1 is 0.966 bits per heavy atom. The number of halogens is 3. The highest BCUT2D eigenvalue weighted by atomic mass is 19.4. The van der Waals surface area contributed by atoms with Crippen LogP contribution >= 0.6 is 0 Å². The molecule has 1 amide bonds. The zero-order valence-electron chi connectivity index (χ0n) is 16.2. The van der Waals surface area contributed by atoms with Crippen LogP contribution in [0.3, 0.4) is 0 Å². The van der Waals surface area contributed by atoms with Gasteiger partial charge in [0.15, 0.2) is 0 Å². The van der Waals surface area contributed by atoms with Crippen molar-refractivity contribution in [2.45, 2.75) is 37.8 Å². The Labute approximate surface area is 168 Å². The number of hydrogen-bond donors (Lipinski definition) is 0. The monoisotopic (exact) mass is 403 g/mol. The van der Waals surface area contributed by atoms with Crippen LogP contribution < -0.4 is 4.90 Å². The van der Waals surface area contributed by atoms with Gasteiger partial charge in [-0.2, -0.15) is 13.2 Å². The summed E-state index contributed by atoms with van der Waals surface area (Å²) in [6.45, 7) is 2.59. The standard InChI is InChI=1S/C22H24F3N3O/c23-22(24,25)18-8-3-2-7-17(18)16-11-14-28(15-16)21(29)19-9-6-10-20(26-19)27-12-4-1-5-13-27/h2-3,6-10,16H,1,4-5,11-15H2/t16-/m1/s1. The molecule has 2 aromatic rings. The molecule has 1 aromatic heterocycles. The average molecular weight is 403 g/mol. The predicted octanol–water partition coefficient (Wildman–Crippen LogP) is 4.72. The first kappa shape index (κ1) is 19.7. The van der Waals surface area contributed by atoms with E-state index in [0.717, 1.165) is 37.8 Å². The first-order valence-electron chi connectivity index (χ1n) is 10.1. The number of carbonyl (C=O) groups excluding carboxylic acids is 1. The number of hydrogen-bond acceptors (Lipinski definition) is 3. The van der Waals surface area contributed by atoms with E-state index in [2.05, 4.69) is 9.88 Å². The highest BCUT2D eigenvalue weighted by molar-refractivity contribution is 5.93. The van der Waals surface area contributed by atoms with Gasteiger partial charge in [0, 0.05) is 32.1 Å². The summed E-state index contributed by atoms with van der Waals surface area (Å²) in [5.74, 6) is 0.270. The lowest BCUT2D eigenvalue weighted by molar-refractivity contribution is -0.138. The first-order valence-corrected chi connectivity index (χ1v) is 10.1. The van der Waals surface area contributed by atoms with Crippen LogP contribution in [0.5, 0.6) is 0 Å². The zero-order chi connectivity index (χ0) is 20.4. The summed E-state index contributed by atoms with van der Waals surface area (Å²) in [6, 6.07) is 11.1. The molecule has 154 valence electrons. The minimum Gasteiger partial charge on any atom is -0.357 e. The largest absolute Gasteiger partial charge is 0.416 e. The first-order chi connectivity index (χ1) is 13.9. The van der Waals surface area contributed by atoms with Crippen LogP contribution in [0.2, 0.25) is 0 Å². The molecule has 1 aromatic carbocycles. The van der Waals surface area contributed by atoms with Crippen molar-refractivity contribution < 1.29 is 18.0 Å². The third-order valence-electron chi connectivity index (χ3n) is 5.82. The lowest BCUT2D eigenvalue weighted by Crippen LogP contribution is -2.32. The molecule has 4 rings (SSSR count). The lowest BCUT2D eigenvalue weighted by atomic mass is 9.93. The van der Waals surface area contributed by atoms with E-state index in [1.54, 1.807) is 17.0 Å². The highest BCUT2D eigenvalue weighted by Gasteiger charge is 2.37. The number of anilines is 1. The Morgan fingerprint density at radius 2 is 1.72 bits per heavy atom. The fraction of sp³-hybridized carbons (Fsp3) is 0.455. The van der Waals surface area contributed by atoms with Crippen LogP contribution in [0.15, 0.2) is 42.5 Å². The van der Waals surface area contributed by atoms with E-state index >= 15 is 0 Å². The molecular weight excluding hydrogens is 379 g/mol. The minimum absolute atomic E-state index is 0.212. The highest BCUT2D eigenvalue weighted by Crippen LogP contribution is 2.38. The van der Waals surface area contributed by atoms with Crippen molar-refractivity contribution in [3.8, 4) is 0 Å². The Kier molecular flexibility index (Phi) is 5.48. The average Bonchev–Trinajstić information content (AvgIpc) is 3.23. The number of likely N-dealkylation sites (tertiary alicyclic amines) is 1. The summed E-state index contributed by atoms with van der Waals surface area (Å²) in [5, 5.41) is 0. The molecule has 29 heavy (non-hydrogen) atoms. The number of carbonyl (C=O) groups is 1. The van der Waals surface area contributed by atoms with Crippen molar-refractivity contribution in [2.24, 2.45) is 0 Å². The van der Waals surface area contributed by atoms with Gasteiger partial charge >= 0.3 is 6.18 Å². The Balaban J connectivity index is 1.49. The van der Waals surface area contributed by atoms with E-state index in [-0.39, 0.29) is 23.9 Å². The van der Waals surface area contributed by atoms with Crippen LogP contribution in [0.4, 0.5) is 19.0 Å². The van der Waals surface area contributed by atoms with Crippen molar-refractivity contribution in [1.82, 2.24) is 9.88 Å². The third kappa shape index (κ3) is 4.23. The summed E-state index contributed by atoms with van der Waals surface area (Å²) in [4.78, 5) is 21.3. The predicted molar refractivity (Wildman–Crippen MR) is 105 cm³/mol. The third-order valence-corrected chi connectivity index (χ3v) is 5.82. The summed E-state index contributed by atoms with van der Waals surface area (Å²) in [5.41, 5.74) is 0.0210. The van der Waals surface area contributed by atoms with Gasteiger partial charge in [0.05, 0.1) is 5.56 Å². The molecule has 0 bridgehead atoms. The minimum atomic E-state index is -4.39. The number of piperidine rings is 1. The van der Waals surface area contributed by atoms with Gasteiger partial charge in [-0.3, -0.25) is 4.79 Å². The van der Waals surface area contributed by atoms with E-state index in [9.17, 15) is 18.0 Å². The molecule has 0 N–H and O–H groups in total. The number of amides is 1. The van der Waals surface area contributed by atoms with Gasteiger partial charge in [-0.1, -0.05) is 24.3 Å². The molecule has 0 saturated carbocycles. The molecule has 7 heteroatoms. The Morgan fingerprint density at radius 3 is 2.48 bits per heavy atom. The van der Waals surface area contributed by atoms with Gasteiger partial charge in [0.1, 0.15) is 11.5 Å². The molecule has 2 aliphatic heterocycles. The van der Waals surface area contributed by atoms with Crippen molar-refractivity contribution >= 4 is 11.7 Å². The summed E-state index contributed by atoms with van der Waals surface area (Å²) >= 11 is 0. The molecule has 2 saturated heterocycles. The second kappa shape index (κ2) is 8.05. The van der Waals surface area contributed by atoms with Crippen LogP contribution in [0, 0.1) is 0 Å². The van der Waals surface area contributed by atoms with Gasteiger partial charge in [-0.15, -0.1) is 0 Å². The number of rotatable bonds is 3. The van der Waals surface area contributed by atoms with Gasteiger partial charge in [0.25, 0.3) is 5.91 Å². The fourth-order valence-corrected chi connectivity index (χ4v) is 4.31. The molecule has 0 aliphatic carbocycles. The lowest BCUT2D eigenvalue weighted by Gasteiger charge is -2.28. The molecule has 4 nitrogen and oxygen atoms in total. The quantitative estimate of drug-likeness (QED) is 0.744. The molecule has 0 unspecified atom stereocenters. The van der Waals surface area contributed by atoms with Crippen molar-refractivity contribution in [3.63, 3.8) is 0 Å². The van der Waals surface area contributed by atoms with E-state index in [1.165, 1.54) is 18.6 Å². The molecule has 2 fully saturated rings. The number of alkyl halides is 3. The summed E-state index contributed by atoms with van der Waals surface area (Å²) in [6.07, 6.45) is -0.425. The fourth-order valence-electron chi connectivity index (χ4n) is 4.31. The number of pyridine rings is 1. The smallest absolute Gasteiger partial charge is 0.357 e. The van der Waals surface area contributed by atoms with Gasteiger partial charge in [0.2, 0.25) is 0 Å². The van der Waals surface area contributed by atoms with E-state index in [4.69, 9.17) is 0 Å². The van der Waals surface area contributed by atoms with Crippen LogP contribution in [0.1, 0.15) is 53.2 Å². The van der Waals surface area contributed by atoms with Gasteiger partial charge in [-0.25, -0.2) is 4.98 Å². The maximum Gasteiger partial charge on any atom is 0.416 e. The molecule has 1 atom stereocenters. The summed E-state index contributed by atoms with van der Waals surface area (Å²) in [7, 11) is 0. The second-order valence-electron chi connectivity index (χ2n) is 7.75. The number of benzene rings is 1. The number of aromatic nitrogens is 1. The maximum atomic E-state index is 13.3. The van der Waals surface area contributed by atoms with E-state index < -0.39 is 11.7 Å². The van der Waals surface area contributed by atoms with Gasteiger partial charge < -0.3 is 9.80 Å². The van der Waals surface area contributed by atoms with Crippen LogP contribution in [-0.4, -0.2) is 42.0 Å². The van der Waals surface area contributed by atoms with Crippen molar-refractivity contribution in [1.29, 1.82) is 0 Å². The maximum absolute atomic E-state index is 13.3. The molecule has 3 heterocycles. The molecule has 2 aliphatic rings. The molecule has 0 radical (unpaired) electrons. The topological polar surface area (TPSA) is 36.4 Å². The number of nitrogens with zero attached hydrogens (tertiary/aromatic N) is 3. The van der Waals surface area contributed by atoms with Crippen LogP contribution in [-0.2, 0) is 6.18 Å². The molecule has 0 spiro atoms. The molecular formula is C22H24F3N3O. The SMILES string of the molecule is O=C(c1cccc(N2CCCCC2)n1)N1CC[C@@H](c2ccccc2C(F)(F)F)C1. The van der Waals surface area contributed by atoms with Gasteiger partial charge in [-0.05, 0) is 49.4 Å². The normalized spacial score (nSPS) is 20.2. The van der Waals surface area contributed by atoms with E-state index in [0.29, 0.717) is 18.7 Å². The van der Waals surface area contributed by atoms with Crippen molar-refractivity contribution in [2.75, 3.05) is 31.1 Å². The Hall–Kier alpha value is -2.57. The summed E-state index contributed by atoms with van der Waals surface area (Å²) < 4.78 is 40.0. The van der Waals surface area contributed by atoms with Crippen LogP contribution in [0.25, 0.3) is 0 Å². The van der Waals surface area contributed by atoms with E-state index in [1.807, 2.05) is 12.1 Å². The Bertz CT molecular complexity index is 878. The second-order valence-corrected chi connectivity index (χ2v) is 7.75. The zero-order valence-corrected chi connectivity index (χ0v) is 16.2.